The van der Waals surface area contributed by atoms with Gasteiger partial charge < -0.3 is 10.1 Å². The van der Waals surface area contributed by atoms with Gasteiger partial charge in [-0.15, -0.1) is 0 Å². The number of carbonyl (C=O) groups excluding carboxylic acids is 1. The number of sulfonamides is 1. The highest BCUT2D eigenvalue weighted by Gasteiger charge is 2.14. The van der Waals surface area contributed by atoms with Gasteiger partial charge in [-0.25, -0.2) is 13.6 Å². The smallest absolute Gasteiger partial charge is 0.259 e. The molecule has 6 nitrogen and oxygen atoms in total. The number of primary sulfonamides is 1. The van der Waals surface area contributed by atoms with Crippen LogP contribution < -0.4 is 15.2 Å². The fraction of sp³-hybridized carbons (Fsp3) is 0.0714. The molecule has 0 saturated carbocycles. The Morgan fingerprint density at radius 2 is 1.82 bits per heavy atom. The Balaban J connectivity index is 2.24. The van der Waals surface area contributed by atoms with Crippen LogP contribution in [0.2, 0.25) is 0 Å². The average molecular weight is 385 g/mol. The van der Waals surface area contributed by atoms with Crippen molar-refractivity contribution in [1.82, 2.24) is 0 Å². The standard InChI is InChI=1S/C14H13BrN2O4S/c1-21-13-7-2-9(15)8-12(13)14(18)17-10-3-5-11(6-4-10)22(16,19)20/h2-8H,1H3,(H,17,18)(H2,16,19,20). The topological polar surface area (TPSA) is 98.5 Å². The first-order valence-corrected chi connectivity index (χ1v) is 8.43. The van der Waals surface area contributed by atoms with Gasteiger partial charge >= 0.3 is 0 Å². The molecular formula is C14H13BrN2O4S. The van der Waals surface area contributed by atoms with Crippen molar-refractivity contribution in [3.05, 3.63) is 52.5 Å². The molecule has 0 heterocycles. The number of methoxy groups -OCH3 is 1. The fourth-order valence-corrected chi connectivity index (χ4v) is 2.66. The van der Waals surface area contributed by atoms with E-state index in [1.54, 1.807) is 18.2 Å². The molecular weight excluding hydrogens is 372 g/mol. The molecule has 1 amide bonds. The molecule has 2 rings (SSSR count). The van der Waals surface area contributed by atoms with E-state index in [0.29, 0.717) is 17.0 Å². The minimum Gasteiger partial charge on any atom is -0.496 e. The third-order valence-corrected chi connectivity index (χ3v) is 4.27. The maximum absolute atomic E-state index is 12.3. The summed E-state index contributed by atoms with van der Waals surface area (Å²) < 4.78 is 28.2. The number of ether oxygens (including phenoxy) is 1. The minimum absolute atomic E-state index is 0.0227. The zero-order valence-electron chi connectivity index (χ0n) is 11.5. The van der Waals surface area contributed by atoms with Crippen molar-refractivity contribution in [1.29, 1.82) is 0 Å². The number of amides is 1. The molecule has 0 unspecified atom stereocenters. The molecule has 0 atom stereocenters. The predicted octanol–water partition coefficient (Wildman–Crippen LogP) is 2.36. The van der Waals surface area contributed by atoms with Crippen molar-refractivity contribution in [3.8, 4) is 5.75 Å². The van der Waals surface area contributed by atoms with Gasteiger partial charge in [0.25, 0.3) is 5.91 Å². The molecule has 0 aliphatic carbocycles. The van der Waals surface area contributed by atoms with E-state index in [-0.39, 0.29) is 10.8 Å². The van der Waals surface area contributed by atoms with Crippen LogP contribution >= 0.6 is 15.9 Å². The van der Waals surface area contributed by atoms with Crippen LogP contribution in [0.25, 0.3) is 0 Å². The van der Waals surface area contributed by atoms with Gasteiger partial charge in [0.05, 0.1) is 17.6 Å². The molecule has 0 aliphatic heterocycles. The molecule has 0 bridgehead atoms. The van der Waals surface area contributed by atoms with E-state index in [2.05, 4.69) is 21.2 Å². The van der Waals surface area contributed by atoms with Gasteiger partial charge in [-0.3, -0.25) is 4.79 Å². The summed E-state index contributed by atoms with van der Waals surface area (Å²) in [7, 11) is -2.28. The number of nitrogens with two attached hydrogens (primary N) is 1. The molecule has 2 aromatic rings. The Morgan fingerprint density at radius 3 is 2.36 bits per heavy atom. The minimum atomic E-state index is -3.76. The highest BCUT2D eigenvalue weighted by atomic mass is 79.9. The van der Waals surface area contributed by atoms with Crippen molar-refractivity contribution in [2.75, 3.05) is 12.4 Å². The van der Waals surface area contributed by atoms with Crippen LogP contribution in [0.5, 0.6) is 5.75 Å². The highest BCUT2D eigenvalue weighted by Crippen LogP contribution is 2.24. The summed E-state index contributed by atoms with van der Waals surface area (Å²) >= 11 is 3.29. The third kappa shape index (κ3) is 3.85. The summed E-state index contributed by atoms with van der Waals surface area (Å²) in [5, 5.41) is 7.68. The largest absolute Gasteiger partial charge is 0.496 e. The number of anilines is 1. The number of hydrogen-bond acceptors (Lipinski definition) is 4. The number of benzene rings is 2. The van der Waals surface area contributed by atoms with Crippen molar-refractivity contribution in [2.45, 2.75) is 4.90 Å². The summed E-state index contributed by atoms with van der Waals surface area (Å²) in [6.45, 7) is 0. The van der Waals surface area contributed by atoms with Crippen molar-refractivity contribution < 1.29 is 17.9 Å². The molecule has 0 saturated heterocycles. The van der Waals surface area contributed by atoms with Gasteiger partial charge in [0.1, 0.15) is 5.75 Å². The average Bonchev–Trinajstić information content (AvgIpc) is 2.46. The van der Waals surface area contributed by atoms with Crippen molar-refractivity contribution >= 4 is 37.5 Å². The van der Waals surface area contributed by atoms with Crippen LogP contribution in [0.15, 0.2) is 51.8 Å². The van der Waals surface area contributed by atoms with Gasteiger partial charge in [-0.1, -0.05) is 15.9 Å². The molecule has 22 heavy (non-hydrogen) atoms. The lowest BCUT2D eigenvalue weighted by Crippen LogP contribution is -2.14. The molecule has 116 valence electrons. The Hall–Kier alpha value is -1.90. The molecule has 0 radical (unpaired) electrons. The van der Waals surface area contributed by atoms with Gasteiger partial charge in [-0.2, -0.15) is 0 Å². The lowest BCUT2D eigenvalue weighted by molar-refractivity contribution is 0.102. The molecule has 2 aromatic carbocycles. The monoisotopic (exact) mass is 384 g/mol. The first-order valence-electron chi connectivity index (χ1n) is 6.09. The van der Waals surface area contributed by atoms with Crippen LogP contribution in [0.3, 0.4) is 0 Å². The number of halogens is 1. The lowest BCUT2D eigenvalue weighted by Gasteiger charge is -2.10. The van der Waals surface area contributed by atoms with Crippen LogP contribution in [0.4, 0.5) is 5.69 Å². The second-order valence-electron chi connectivity index (χ2n) is 4.37. The summed E-state index contributed by atoms with van der Waals surface area (Å²) in [6, 6.07) is 10.6. The Kier molecular flexibility index (Phi) is 4.84. The molecule has 0 fully saturated rings. The van der Waals surface area contributed by atoms with E-state index < -0.39 is 10.0 Å². The third-order valence-electron chi connectivity index (χ3n) is 2.85. The Morgan fingerprint density at radius 1 is 1.18 bits per heavy atom. The highest BCUT2D eigenvalue weighted by molar-refractivity contribution is 9.10. The summed E-state index contributed by atoms with van der Waals surface area (Å²) in [6.07, 6.45) is 0. The Labute approximate surface area is 136 Å². The van der Waals surface area contributed by atoms with Crippen molar-refractivity contribution in [2.24, 2.45) is 5.14 Å². The quantitative estimate of drug-likeness (QED) is 0.844. The van der Waals surface area contributed by atoms with Gasteiger partial charge in [-0.05, 0) is 42.5 Å². The SMILES string of the molecule is COc1ccc(Br)cc1C(=O)Nc1ccc(S(N)(=O)=O)cc1. The van der Waals surface area contributed by atoms with Crippen LogP contribution in [0, 0.1) is 0 Å². The maximum Gasteiger partial charge on any atom is 0.259 e. The molecule has 3 N–H and O–H groups in total. The van der Waals surface area contributed by atoms with Crippen LogP contribution in [0.1, 0.15) is 10.4 Å². The predicted molar refractivity (Wildman–Crippen MR) is 86.5 cm³/mol. The number of rotatable bonds is 4. The number of nitrogens with one attached hydrogen (secondary N) is 1. The second kappa shape index (κ2) is 6.47. The zero-order chi connectivity index (χ0) is 16.3. The van der Waals surface area contributed by atoms with E-state index in [9.17, 15) is 13.2 Å². The van der Waals surface area contributed by atoms with Crippen LogP contribution in [-0.4, -0.2) is 21.4 Å². The van der Waals surface area contributed by atoms with E-state index in [1.165, 1.54) is 31.4 Å². The summed E-state index contributed by atoms with van der Waals surface area (Å²) in [5.74, 6) is 0.0587. The molecule has 0 spiro atoms. The van der Waals surface area contributed by atoms with Gasteiger partial charge in [0.2, 0.25) is 10.0 Å². The van der Waals surface area contributed by atoms with E-state index >= 15 is 0 Å². The van der Waals surface area contributed by atoms with Crippen molar-refractivity contribution in [3.63, 3.8) is 0 Å². The Bertz CT molecular complexity index is 804. The van der Waals surface area contributed by atoms with Crippen LogP contribution in [-0.2, 0) is 10.0 Å². The second-order valence-corrected chi connectivity index (χ2v) is 6.85. The van der Waals surface area contributed by atoms with E-state index in [0.717, 1.165) is 4.47 Å². The number of carbonyl (C=O) groups is 1. The molecule has 8 heteroatoms. The summed E-state index contributed by atoms with van der Waals surface area (Å²) in [5.41, 5.74) is 0.798. The van der Waals surface area contributed by atoms with Gasteiger partial charge in [0, 0.05) is 10.2 Å². The maximum atomic E-state index is 12.3. The number of hydrogen-bond donors (Lipinski definition) is 2. The first kappa shape index (κ1) is 16.5. The normalized spacial score (nSPS) is 11.0. The van der Waals surface area contributed by atoms with Gasteiger partial charge in [0.15, 0.2) is 0 Å². The zero-order valence-corrected chi connectivity index (χ0v) is 13.9. The molecule has 0 aromatic heterocycles. The first-order chi connectivity index (χ1) is 10.3. The fourth-order valence-electron chi connectivity index (χ4n) is 1.78. The lowest BCUT2D eigenvalue weighted by atomic mass is 10.2. The van der Waals surface area contributed by atoms with E-state index in [1.807, 2.05) is 0 Å². The molecule has 0 aliphatic rings. The van der Waals surface area contributed by atoms with E-state index in [4.69, 9.17) is 9.88 Å². The summed E-state index contributed by atoms with van der Waals surface area (Å²) in [4.78, 5) is 12.3.